The zero-order chi connectivity index (χ0) is 13.6. The van der Waals surface area contributed by atoms with Crippen molar-refractivity contribution in [2.45, 2.75) is 12.1 Å². The van der Waals surface area contributed by atoms with Gasteiger partial charge in [0, 0.05) is 29.7 Å². The number of benzene rings is 2. The summed E-state index contributed by atoms with van der Waals surface area (Å²) in [6.07, 6.45) is 0.686. The smallest absolute Gasteiger partial charge is 0.193 e. The van der Waals surface area contributed by atoms with Crippen LogP contribution in [0.3, 0.4) is 0 Å². The van der Waals surface area contributed by atoms with Crippen LogP contribution in [0.2, 0.25) is 0 Å². The normalized spacial score (nSPS) is 24.3. The maximum absolute atomic E-state index is 12.8. The fourth-order valence-corrected chi connectivity index (χ4v) is 3.25. The van der Waals surface area contributed by atoms with Gasteiger partial charge in [0.25, 0.3) is 0 Å². The highest BCUT2D eigenvalue weighted by molar-refractivity contribution is 6.11. The highest BCUT2D eigenvalue weighted by Gasteiger charge is 2.42. The van der Waals surface area contributed by atoms with E-state index in [0.717, 1.165) is 28.8 Å². The minimum absolute atomic E-state index is 0.0883. The SMILES string of the molecule is O=C1c2ccccc2CC2(NCCO2)c2ccccc21. The van der Waals surface area contributed by atoms with E-state index in [2.05, 4.69) is 5.32 Å². The first kappa shape index (κ1) is 11.8. The van der Waals surface area contributed by atoms with E-state index >= 15 is 0 Å². The second-order valence-corrected chi connectivity index (χ2v) is 5.31. The molecule has 4 rings (SSSR count). The van der Waals surface area contributed by atoms with Crippen LogP contribution in [0.15, 0.2) is 48.5 Å². The molecule has 2 aromatic carbocycles. The van der Waals surface area contributed by atoms with E-state index in [4.69, 9.17) is 4.74 Å². The highest BCUT2D eigenvalue weighted by Crippen LogP contribution is 2.37. The average molecular weight is 265 g/mol. The number of hydrogen-bond acceptors (Lipinski definition) is 3. The Kier molecular flexibility index (Phi) is 2.52. The lowest BCUT2D eigenvalue weighted by Crippen LogP contribution is -2.40. The summed E-state index contributed by atoms with van der Waals surface area (Å²) < 4.78 is 6.03. The van der Waals surface area contributed by atoms with Crippen molar-refractivity contribution in [3.05, 3.63) is 70.8 Å². The van der Waals surface area contributed by atoms with Crippen molar-refractivity contribution in [1.82, 2.24) is 5.32 Å². The molecule has 1 aliphatic heterocycles. The highest BCUT2D eigenvalue weighted by atomic mass is 16.5. The first-order chi connectivity index (χ1) is 9.80. The Balaban J connectivity index is 2.01. The standard InChI is InChI=1S/C17H15NO2/c19-16-13-6-2-1-5-12(13)11-17(18-9-10-20-17)15-8-4-3-7-14(15)16/h1-8,18H,9-11H2. The van der Waals surface area contributed by atoms with Crippen LogP contribution in [-0.4, -0.2) is 18.9 Å². The number of hydrogen-bond donors (Lipinski definition) is 1. The molecule has 100 valence electrons. The number of carbonyl (C=O) groups is 1. The van der Waals surface area contributed by atoms with E-state index in [9.17, 15) is 4.79 Å². The molecule has 1 spiro atoms. The first-order valence-electron chi connectivity index (χ1n) is 6.91. The summed E-state index contributed by atoms with van der Waals surface area (Å²) in [4.78, 5) is 12.8. The Labute approximate surface area is 117 Å². The number of carbonyl (C=O) groups excluding carboxylic acids is 1. The van der Waals surface area contributed by atoms with E-state index < -0.39 is 5.72 Å². The average Bonchev–Trinajstić information content (AvgIpc) is 2.93. The lowest BCUT2D eigenvalue weighted by molar-refractivity contribution is -0.0142. The van der Waals surface area contributed by atoms with Crippen molar-refractivity contribution in [2.24, 2.45) is 0 Å². The van der Waals surface area contributed by atoms with Crippen molar-refractivity contribution < 1.29 is 9.53 Å². The lowest BCUT2D eigenvalue weighted by atomic mass is 9.94. The van der Waals surface area contributed by atoms with E-state index in [0.29, 0.717) is 13.0 Å². The Bertz CT molecular complexity index is 687. The van der Waals surface area contributed by atoms with Crippen molar-refractivity contribution >= 4 is 5.78 Å². The topological polar surface area (TPSA) is 38.3 Å². The van der Waals surface area contributed by atoms with Gasteiger partial charge in [0.15, 0.2) is 5.78 Å². The molecule has 0 aromatic heterocycles. The quantitative estimate of drug-likeness (QED) is 0.794. The summed E-state index contributed by atoms with van der Waals surface area (Å²) in [5.41, 5.74) is 2.97. The molecular formula is C17H15NO2. The van der Waals surface area contributed by atoms with Gasteiger partial charge in [-0.25, -0.2) is 0 Å². The Morgan fingerprint density at radius 2 is 1.75 bits per heavy atom. The number of ether oxygens (including phenoxy) is 1. The van der Waals surface area contributed by atoms with Crippen LogP contribution in [0, 0.1) is 0 Å². The third-order valence-electron chi connectivity index (χ3n) is 4.17. The Morgan fingerprint density at radius 3 is 2.55 bits per heavy atom. The van der Waals surface area contributed by atoms with Gasteiger partial charge < -0.3 is 4.74 Å². The Morgan fingerprint density at radius 1 is 1.00 bits per heavy atom. The number of fused-ring (bicyclic) bond motifs is 3. The molecule has 20 heavy (non-hydrogen) atoms. The summed E-state index contributed by atoms with van der Waals surface area (Å²) in [5, 5.41) is 3.46. The minimum Gasteiger partial charge on any atom is -0.355 e. The monoisotopic (exact) mass is 265 g/mol. The maximum Gasteiger partial charge on any atom is 0.193 e. The van der Waals surface area contributed by atoms with Gasteiger partial charge in [0.2, 0.25) is 0 Å². The predicted molar refractivity (Wildman–Crippen MR) is 75.7 cm³/mol. The molecule has 1 atom stereocenters. The molecule has 0 saturated carbocycles. The van der Waals surface area contributed by atoms with Crippen molar-refractivity contribution in [2.75, 3.05) is 13.2 Å². The molecule has 1 heterocycles. The van der Waals surface area contributed by atoms with Gasteiger partial charge in [-0.2, -0.15) is 0 Å². The van der Waals surface area contributed by atoms with Gasteiger partial charge in [-0.1, -0.05) is 48.5 Å². The van der Waals surface area contributed by atoms with E-state index in [1.807, 2.05) is 48.5 Å². The van der Waals surface area contributed by atoms with Crippen molar-refractivity contribution in [1.29, 1.82) is 0 Å². The minimum atomic E-state index is -0.557. The second-order valence-electron chi connectivity index (χ2n) is 5.31. The molecule has 1 N–H and O–H groups in total. The van der Waals surface area contributed by atoms with E-state index in [-0.39, 0.29) is 5.78 Å². The van der Waals surface area contributed by atoms with E-state index in [1.54, 1.807) is 0 Å². The van der Waals surface area contributed by atoms with Gasteiger partial charge in [-0.3, -0.25) is 10.1 Å². The van der Waals surface area contributed by atoms with Crippen LogP contribution in [0.1, 0.15) is 27.0 Å². The number of nitrogens with one attached hydrogen (secondary N) is 1. The summed E-state index contributed by atoms with van der Waals surface area (Å²) >= 11 is 0. The molecule has 0 bridgehead atoms. The van der Waals surface area contributed by atoms with E-state index in [1.165, 1.54) is 0 Å². The van der Waals surface area contributed by atoms with Crippen LogP contribution in [-0.2, 0) is 16.9 Å². The fraction of sp³-hybridized carbons (Fsp3) is 0.235. The van der Waals surface area contributed by atoms with Gasteiger partial charge >= 0.3 is 0 Å². The summed E-state index contributed by atoms with van der Waals surface area (Å²) in [6.45, 7) is 1.48. The molecule has 2 aromatic rings. The van der Waals surface area contributed by atoms with Gasteiger partial charge in [0.05, 0.1) is 6.61 Å². The van der Waals surface area contributed by atoms with Gasteiger partial charge in [-0.15, -0.1) is 0 Å². The third-order valence-corrected chi connectivity index (χ3v) is 4.17. The molecule has 1 saturated heterocycles. The second kappa shape index (κ2) is 4.27. The number of rotatable bonds is 0. The van der Waals surface area contributed by atoms with Gasteiger partial charge in [-0.05, 0) is 5.56 Å². The van der Waals surface area contributed by atoms with Crippen molar-refractivity contribution in [3.63, 3.8) is 0 Å². The van der Waals surface area contributed by atoms with Gasteiger partial charge in [0.1, 0.15) is 5.72 Å². The van der Waals surface area contributed by atoms with Crippen LogP contribution in [0.4, 0.5) is 0 Å². The largest absolute Gasteiger partial charge is 0.355 e. The van der Waals surface area contributed by atoms with Crippen LogP contribution in [0.5, 0.6) is 0 Å². The lowest BCUT2D eigenvalue weighted by Gasteiger charge is -2.29. The molecule has 3 heteroatoms. The summed E-state index contributed by atoms with van der Waals surface area (Å²) in [7, 11) is 0. The zero-order valence-electron chi connectivity index (χ0n) is 11.1. The zero-order valence-corrected chi connectivity index (χ0v) is 11.1. The molecule has 1 fully saturated rings. The molecule has 1 unspecified atom stereocenters. The summed E-state index contributed by atoms with van der Waals surface area (Å²) in [6, 6.07) is 15.6. The maximum atomic E-state index is 12.8. The molecule has 3 nitrogen and oxygen atoms in total. The first-order valence-corrected chi connectivity index (χ1v) is 6.91. The Hall–Kier alpha value is -1.97. The van der Waals surface area contributed by atoms with Crippen LogP contribution in [0.25, 0.3) is 0 Å². The molecular weight excluding hydrogens is 250 g/mol. The fourth-order valence-electron chi connectivity index (χ4n) is 3.25. The molecule has 0 radical (unpaired) electrons. The molecule has 0 amide bonds. The molecule has 2 aliphatic rings. The van der Waals surface area contributed by atoms with Crippen LogP contribution < -0.4 is 5.32 Å². The predicted octanol–water partition coefficient (Wildman–Crippen LogP) is 2.25. The summed E-state index contributed by atoms with van der Waals surface area (Å²) in [5.74, 6) is 0.0883. The third kappa shape index (κ3) is 1.57. The number of ketones is 1. The molecule has 1 aliphatic carbocycles. The van der Waals surface area contributed by atoms with Crippen LogP contribution >= 0.6 is 0 Å². The van der Waals surface area contributed by atoms with Crippen molar-refractivity contribution in [3.8, 4) is 0 Å².